The smallest absolute Gasteiger partial charge is 0.242 e. The monoisotopic (exact) mass is 208 g/mol. The minimum absolute atomic E-state index is 0.401. The molecule has 82 valence electrons. The Morgan fingerprint density at radius 3 is 3.00 bits per heavy atom. The first-order chi connectivity index (χ1) is 7.29. The van der Waals surface area contributed by atoms with Crippen LogP contribution < -0.4 is 15.8 Å². The molecule has 0 bridgehead atoms. The van der Waals surface area contributed by atoms with Crippen LogP contribution in [-0.2, 0) is 0 Å². The minimum Gasteiger partial charge on any atom is -0.479 e. The number of hydrogen-bond acceptors (Lipinski definition) is 5. The minimum atomic E-state index is 0.401. The Labute approximate surface area is 89.4 Å². The van der Waals surface area contributed by atoms with Crippen LogP contribution in [0.5, 0.6) is 5.88 Å². The fourth-order valence-electron chi connectivity index (χ4n) is 1.12. The third-order valence-electron chi connectivity index (χ3n) is 1.88. The van der Waals surface area contributed by atoms with Crippen molar-refractivity contribution in [2.45, 2.75) is 13.3 Å². The molecular formula is C10H16N4O. The third-order valence-corrected chi connectivity index (χ3v) is 1.88. The van der Waals surface area contributed by atoms with Crippen molar-refractivity contribution < 1.29 is 4.74 Å². The highest BCUT2D eigenvalue weighted by Gasteiger charge is 2.06. The predicted octanol–water partition coefficient (Wildman–Crippen LogP) is 1.45. The fraction of sp³-hybridized carbons (Fsp3) is 0.400. The van der Waals surface area contributed by atoms with Gasteiger partial charge in [0.1, 0.15) is 12.0 Å². The molecule has 0 amide bonds. The molecule has 0 fully saturated rings. The van der Waals surface area contributed by atoms with Crippen LogP contribution in [0.4, 0.5) is 11.5 Å². The first-order valence-electron chi connectivity index (χ1n) is 4.79. The summed E-state index contributed by atoms with van der Waals surface area (Å²) in [6, 6.07) is 0. The molecular weight excluding hydrogens is 192 g/mol. The average Bonchev–Trinajstić information content (AvgIpc) is 2.26. The van der Waals surface area contributed by atoms with Crippen molar-refractivity contribution in [2.75, 3.05) is 24.7 Å². The van der Waals surface area contributed by atoms with Crippen LogP contribution in [0.2, 0.25) is 0 Å². The van der Waals surface area contributed by atoms with Gasteiger partial charge >= 0.3 is 0 Å². The van der Waals surface area contributed by atoms with Crippen LogP contribution in [0.1, 0.15) is 13.3 Å². The molecule has 15 heavy (non-hydrogen) atoms. The van der Waals surface area contributed by atoms with Crippen molar-refractivity contribution in [1.29, 1.82) is 0 Å². The van der Waals surface area contributed by atoms with Gasteiger partial charge in [-0.3, -0.25) is 0 Å². The Bertz CT molecular complexity index is 338. The molecule has 1 heterocycles. The zero-order valence-electron chi connectivity index (χ0n) is 9.03. The highest BCUT2D eigenvalue weighted by Crippen LogP contribution is 2.23. The van der Waals surface area contributed by atoms with Crippen LogP contribution in [0, 0.1) is 0 Å². The van der Waals surface area contributed by atoms with Gasteiger partial charge in [-0.1, -0.05) is 12.2 Å². The van der Waals surface area contributed by atoms with Crippen molar-refractivity contribution >= 4 is 11.5 Å². The summed E-state index contributed by atoms with van der Waals surface area (Å²) in [7, 11) is 1.53. The van der Waals surface area contributed by atoms with E-state index < -0.39 is 0 Å². The van der Waals surface area contributed by atoms with Crippen LogP contribution in [-0.4, -0.2) is 23.6 Å². The van der Waals surface area contributed by atoms with Crippen LogP contribution in [0.3, 0.4) is 0 Å². The van der Waals surface area contributed by atoms with Gasteiger partial charge in [0.05, 0.1) is 7.11 Å². The average molecular weight is 208 g/mol. The topological polar surface area (TPSA) is 73.1 Å². The molecule has 5 nitrogen and oxygen atoms in total. The molecule has 1 aromatic heterocycles. The summed E-state index contributed by atoms with van der Waals surface area (Å²) in [5.74, 6) is 1.02. The highest BCUT2D eigenvalue weighted by atomic mass is 16.5. The van der Waals surface area contributed by atoms with Crippen molar-refractivity contribution in [3.8, 4) is 5.88 Å². The molecule has 0 saturated carbocycles. The van der Waals surface area contributed by atoms with Crippen molar-refractivity contribution in [2.24, 2.45) is 0 Å². The second kappa shape index (κ2) is 5.85. The van der Waals surface area contributed by atoms with E-state index in [2.05, 4.69) is 21.4 Å². The van der Waals surface area contributed by atoms with E-state index in [1.165, 1.54) is 13.4 Å². The number of allylic oxidation sites excluding steroid dienone is 1. The number of hydrogen-bond donors (Lipinski definition) is 2. The summed E-state index contributed by atoms with van der Waals surface area (Å²) in [6.45, 7) is 2.77. The lowest BCUT2D eigenvalue weighted by molar-refractivity contribution is 0.399. The molecule has 0 aromatic carbocycles. The molecule has 1 rings (SSSR count). The molecule has 0 atom stereocenters. The summed E-state index contributed by atoms with van der Waals surface area (Å²) in [5, 5.41) is 3.12. The molecule has 0 radical (unpaired) electrons. The second-order valence-electron chi connectivity index (χ2n) is 2.93. The quantitative estimate of drug-likeness (QED) is 0.566. The normalized spacial score (nSPS) is 10.5. The lowest BCUT2D eigenvalue weighted by Crippen LogP contribution is -2.07. The molecule has 5 heteroatoms. The number of ether oxygens (including phenoxy) is 1. The standard InChI is InChI=1S/C10H16N4O/c1-3-4-5-6-12-9-8(11)10(15-2)14-7-13-9/h3-4,7H,5-6,11H2,1-2H3,(H,12,13,14)/b4-3+. The first-order valence-corrected chi connectivity index (χ1v) is 4.79. The fourth-order valence-corrected chi connectivity index (χ4v) is 1.12. The maximum Gasteiger partial charge on any atom is 0.242 e. The van der Waals surface area contributed by atoms with Gasteiger partial charge in [0, 0.05) is 6.54 Å². The van der Waals surface area contributed by atoms with Gasteiger partial charge in [-0.15, -0.1) is 0 Å². The van der Waals surface area contributed by atoms with Crippen LogP contribution in [0.15, 0.2) is 18.5 Å². The number of nitrogens with one attached hydrogen (secondary N) is 1. The summed E-state index contributed by atoms with van der Waals surface area (Å²) < 4.78 is 4.98. The lowest BCUT2D eigenvalue weighted by atomic mass is 10.3. The first kappa shape index (κ1) is 11.3. The van der Waals surface area contributed by atoms with E-state index in [9.17, 15) is 0 Å². The Morgan fingerprint density at radius 1 is 1.53 bits per heavy atom. The van der Waals surface area contributed by atoms with Crippen molar-refractivity contribution in [3.63, 3.8) is 0 Å². The summed E-state index contributed by atoms with van der Waals surface area (Å²) in [6.07, 6.45) is 6.43. The Balaban J connectivity index is 2.60. The number of anilines is 2. The van der Waals surface area contributed by atoms with Gasteiger partial charge in [0.2, 0.25) is 5.88 Å². The van der Waals surface area contributed by atoms with Crippen molar-refractivity contribution in [3.05, 3.63) is 18.5 Å². The summed E-state index contributed by atoms with van der Waals surface area (Å²) in [4.78, 5) is 7.92. The van der Waals surface area contributed by atoms with E-state index in [1.54, 1.807) is 0 Å². The molecule has 0 aliphatic carbocycles. The number of nitrogens with zero attached hydrogens (tertiary/aromatic N) is 2. The van der Waals surface area contributed by atoms with Crippen LogP contribution >= 0.6 is 0 Å². The molecule has 0 spiro atoms. The van der Waals surface area contributed by atoms with E-state index in [-0.39, 0.29) is 0 Å². The Morgan fingerprint density at radius 2 is 2.33 bits per heavy atom. The van der Waals surface area contributed by atoms with Gasteiger partial charge in [-0.05, 0) is 13.3 Å². The maximum absolute atomic E-state index is 5.78. The molecule has 0 saturated heterocycles. The number of nitrogens with two attached hydrogens (primary N) is 1. The molecule has 0 aliphatic heterocycles. The number of nitrogen functional groups attached to an aromatic ring is 1. The lowest BCUT2D eigenvalue weighted by Gasteiger charge is -2.08. The number of aromatic nitrogens is 2. The van der Waals surface area contributed by atoms with Gasteiger partial charge in [0.15, 0.2) is 5.82 Å². The van der Waals surface area contributed by atoms with Gasteiger partial charge in [-0.25, -0.2) is 4.98 Å². The van der Waals surface area contributed by atoms with Crippen molar-refractivity contribution in [1.82, 2.24) is 9.97 Å². The third kappa shape index (κ3) is 3.12. The van der Waals surface area contributed by atoms with Gasteiger partial charge in [0.25, 0.3) is 0 Å². The summed E-state index contributed by atoms with van der Waals surface area (Å²) in [5.41, 5.74) is 6.22. The number of methoxy groups -OCH3 is 1. The van der Waals surface area contributed by atoms with E-state index >= 15 is 0 Å². The Kier molecular flexibility index (Phi) is 4.40. The van der Waals surface area contributed by atoms with Crippen LogP contribution in [0.25, 0.3) is 0 Å². The summed E-state index contributed by atoms with van der Waals surface area (Å²) >= 11 is 0. The number of rotatable bonds is 5. The predicted molar refractivity (Wildman–Crippen MR) is 60.9 cm³/mol. The molecule has 1 aromatic rings. The SMILES string of the molecule is C/C=C/CCNc1ncnc(OC)c1N. The largest absolute Gasteiger partial charge is 0.479 e. The molecule has 0 aliphatic rings. The van der Waals surface area contributed by atoms with E-state index in [1.807, 2.05) is 13.0 Å². The van der Waals surface area contributed by atoms with Gasteiger partial charge < -0.3 is 15.8 Å². The van der Waals surface area contributed by atoms with Gasteiger partial charge in [-0.2, -0.15) is 4.98 Å². The van der Waals surface area contributed by atoms with E-state index in [0.29, 0.717) is 17.4 Å². The second-order valence-corrected chi connectivity index (χ2v) is 2.93. The maximum atomic E-state index is 5.78. The molecule has 0 unspecified atom stereocenters. The Hall–Kier alpha value is -1.78. The highest BCUT2D eigenvalue weighted by molar-refractivity contribution is 5.66. The van der Waals surface area contributed by atoms with E-state index in [4.69, 9.17) is 10.5 Å². The van der Waals surface area contributed by atoms with E-state index in [0.717, 1.165) is 13.0 Å². The zero-order valence-corrected chi connectivity index (χ0v) is 9.03. The molecule has 3 N–H and O–H groups in total. The zero-order chi connectivity index (χ0) is 11.1.